The Kier molecular flexibility index (Phi) is 4.93. The molecule has 1 aromatic heterocycles. The third kappa shape index (κ3) is 3.89. The van der Waals surface area contributed by atoms with Crippen molar-refractivity contribution in [2.75, 3.05) is 5.75 Å². The van der Waals surface area contributed by atoms with Crippen molar-refractivity contribution in [3.8, 4) is 0 Å². The van der Waals surface area contributed by atoms with Crippen LogP contribution in [0, 0.1) is 6.92 Å². The molecule has 0 saturated carbocycles. The lowest BCUT2D eigenvalue weighted by atomic mass is 10.00. The molecule has 1 unspecified atom stereocenters. The molecule has 23 heavy (non-hydrogen) atoms. The zero-order valence-electron chi connectivity index (χ0n) is 12.9. The minimum absolute atomic E-state index is 0.00304. The molecular formula is C17H17N3OS2. The lowest BCUT2D eigenvalue weighted by molar-refractivity contribution is -0.119. The summed E-state index contributed by atoms with van der Waals surface area (Å²) in [4.78, 5) is 12.2. The molecule has 1 amide bonds. The molecule has 1 atom stereocenters. The Morgan fingerprint density at radius 1 is 1.22 bits per heavy atom. The molecule has 1 heterocycles. The normalized spacial score (nSPS) is 12.3. The van der Waals surface area contributed by atoms with Crippen LogP contribution >= 0.6 is 23.1 Å². The van der Waals surface area contributed by atoms with Crippen LogP contribution < -0.4 is 5.32 Å². The molecule has 0 bridgehead atoms. The summed E-state index contributed by atoms with van der Waals surface area (Å²) in [7, 11) is 0. The molecule has 3 rings (SSSR count). The molecule has 4 nitrogen and oxygen atoms in total. The van der Waals surface area contributed by atoms with Crippen molar-refractivity contribution in [2.24, 2.45) is 0 Å². The van der Waals surface area contributed by atoms with E-state index in [9.17, 15) is 4.79 Å². The molecule has 0 saturated heterocycles. The largest absolute Gasteiger partial charge is 0.349 e. The molecule has 3 aromatic rings. The number of rotatable bonds is 5. The van der Waals surface area contributed by atoms with Crippen molar-refractivity contribution >= 4 is 39.8 Å². The van der Waals surface area contributed by atoms with Crippen LogP contribution in [-0.2, 0) is 4.79 Å². The van der Waals surface area contributed by atoms with Crippen LogP contribution in [0.5, 0.6) is 0 Å². The molecule has 1 N–H and O–H groups in total. The first kappa shape index (κ1) is 16.0. The molecular weight excluding hydrogens is 326 g/mol. The van der Waals surface area contributed by atoms with Gasteiger partial charge in [0.05, 0.1) is 11.8 Å². The molecule has 2 aromatic carbocycles. The van der Waals surface area contributed by atoms with Gasteiger partial charge in [-0.15, -0.1) is 10.2 Å². The highest BCUT2D eigenvalue weighted by Crippen LogP contribution is 2.25. The zero-order chi connectivity index (χ0) is 16.2. The minimum Gasteiger partial charge on any atom is -0.349 e. The predicted molar refractivity (Wildman–Crippen MR) is 95.9 cm³/mol. The number of thioether (sulfide) groups is 1. The van der Waals surface area contributed by atoms with Gasteiger partial charge in [0.25, 0.3) is 0 Å². The minimum atomic E-state index is -0.0367. The van der Waals surface area contributed by atoms with E-state index in [1.807, 2.05) is 32.0 Å². The van der Waals surface area contributed by atoms with Crippen LogP contribution in [0.4, 0.5) is 0 Å². The summed E-state index contributed by atoms with van der Waals surface area (Å²) in [5, 5.41) is 14.3. The number of carbonyl (C=O) groups excluding carboxylic acids is 1. The molecule has 0 aliphatic rings. The summed E-state index contributed by atoms with van der Waals surface area (Å²) < 4.78 is 0.829. The fourth-order valence-corrected chi connectivity index (χ4v) is 4.08. The van der Waals surface area contributed by atoms with Gasteiger partial charge >= 0.3 is 0 Å². The standard InChI is InChI=1S/C17H17N3OS2/c1-11(14-9-5-7-13-6-3-4-8-15(13)14)18-16(21)10-22-17-20-19-12(2)23-17/h3-9,11H,10H2,1-2H3,(H,18,21). The first-order chi connectivity index (χ1) is 11.1. The van der Waals surface area contributed by atoms with Crippen LogP contribution in [0.15, 0.2) is 46.8 Å². The van der Waals surface area contributed by atoms with E-state index in [-0.39, 0.29) is 11.9 Å². The van der Waals surface area contributed by atoms with E-state index in [1.54, 1.807) is 0 Å². The second-order valence-corrected chi connectivity index (χ2v) is 7.64. The van der Waals surface area contributed by atoms with Crippen LogP contribution in [-0.4, -0.2) is 21.9 Å². The molecule has 0 aliphatic carbocycles. The summed E-state index contributed by atoms with van der Waals surface area (Å²) in [6.07, 6.45) is 0. The second kappa shape index (κ2) is 7.10. The Labute approximate surface area is 143 Å². The van der Waals surface area contributed by atoms with Gasteiger partial charge in [0.2, 0.25) is 5.91 Å². The maximum absolute atomic E-state index is 12.2. The number of hydrogen-bond donors (Lipinski definition) is 1. The Bertz CT molecular complexity index is 826. The maximum atomic E-state index is 12.2. The molecule has 0 fully saturated rings. The van der Waals surface area contributed by atoms with Gasteiger partial charge < -0.3 is 5.32 Å². The van der Waals surface area contributed by atoms with Crippen molar-refractivity contribution in [2.45, 2.75) is 24.2 Å². The number of fused-ring (bicyclic) bond motifs is 1. The van der Waals surface area contributed by atoms with Crippen molar-refractivity contribution in [1.82, 2.24) is 15.5 Å². The quantitative estimate of drug-likeness (QED) is 0.712. The summed E-state index contributed by atoms with van der Waals surface area (Å²) in [5.74, 6) is 0.354. The monoisotopic (exact) mass is 343 g/mol. The van der Waals surface area contributed by atoms with E-state index in [2.05, 4.69) is 39.8 Å². The van der Waals surface area contributed by atoms with E-state index in [0.29, 0.717) is 5.75 Å². The average molecular weight is 343 g/mol. The van der Waals surface area contributed by atoms with Crippen LogP contribution in [0.3, 0.4) is 0 Å². The zero-order valence-corrected chi connectivity index (χ0v) is 14.6. The third-order valence-electron chi connectivity index (χ3n) is 3.50. The van der Waals surface area contributed by atoms with E-state index < -0.39 is 0 Å². The van der Waals surface area contributed by atoms with Gasteiger partial charge in [0.1, 0.15) is 5.01 Å². The number of benzene rings is 2. The van der Waals surface area contributed by atoms with Gasteiger partial charge in [-0.1, -0.05) is 65.6 Å². The molecule has 6 heteroatoms. The first-order valence-corrected chi connectivity index (χ1v) is 9.13. The number of amides is 1. The van der Waals surface area contributed by atoms with Gasteiger partial charge in [-0.05, 0) is 30.2 Å². The van der Waals surface area contributed by atoms with Crippen molar-refractivity contribution in [3.63, 3.8) is 0 Å². The van der Waals surface area contributed by atoms with Gasteiger partial charge in [-0.3, -0.25) is 4.79 Å². The lowest BCUT2D eigenvalue weighted by Gasteiger charge is -2.16. The van der Waals surface area contributed by atoms with Crippen molar-refractivity contribution in [3.05, 3.63) is 53.0 Å². The second-order valence-electron chi connectivity index (χ2n) is 5.23. The summed E-state index contributed by atoms with van der Waals surface area (Å²) in [6, 6.07) is 14.4. The van der Waals surface area contributed by atoms with E-state index >= 15 is 0 Å². The van der Waals surface area contributed by atoms with Crippen molar-refractivity contribution < 1.29 is 4.79 Å². The number of hydrogen-bond acceptors (Lipinski definition) is 5. The van der Waals surface area contributed by atoms with E-state index in [4.69, 9.17) is 0 Å². The van der Waals surface area contributed by atoms with Gasteiger partial charge in [0, 0.05) is 0 Å². The smallest absolute Gasteiger partial charge is 0.230 e. The Balaban J connectivity index is 1.65. The maximum Gasteiger partial charge on any atom is 0.230 e. The summed E-state index contributed by atoms with van der Waals surface area (Å²) >= 11 is 2.93. The highest BCUT2D eigenvalue weighted by molar-refractivity contribution is 8.01. The third-order valence-corrected chi connectivity index (χ3v) is 5.47. The Hall–Kier alpha value is -1.92. The van der Waals surface area contributed by atoms with E-state index in [0.717, 1.165) is 14.9 Å². The highest BCUT2D eigenvalue weighted by Gasteiger charge is 2.13. The molecule has 0 spiro atoms. The number of nitrogens with one attached hydrogen (secondary N) is 1. The van der Waals surface area contributed by atoms with E-state index in [1.165, 1.54) is 33.9 Å². The fraction of sp³-hybridized carbons (Fsp3) is 0.235. The lowest BCUT2D eigenvalue weighted by Crippen LogP contribution is -2.28. The number of carbonyl (C=O) groups is 1. The topological polar surface area (TPSA) is 54.9 Å². The van der Waals surface area contributed by atoms with Crippen LogP contribution in [0.25, 0.3) is 10.8 Å². The molecule has 0 aliphatic heterocycles. The van der Waals surface area contributed by atoms with Crippen molar-refractivity contribution in [1.29, 1.82) is 0 Å². The van der Waals surface area contributed by atoms with Crippen LogP contribution in [0.2, 0.25) is 0 Å². The average Bonchev–Trinajstić information content (AvgIpc) is 2.98. The summed E-state index contributed by atoms with van der Waals surface area (Å²) in [6.45, 7) is 3.92. The SMILES string of the molecule is Cc1nnc(SCC(=O)NC(C)c2cccc3ccccc23)s1. The van der Waals surface area contributed by atoms with Gasteiger partial charge in [-0.25, -0.2) is 0 Å². The fourth-order valence-electron chi connectivity index (χ4n) is 2.45. The number of aromatic nitrogens is 2. The Morgan fingerprint density at radius 2 is 2.00 bits per heavy atom. The highest BCUT2D eigenvalue weighted by atomic mass is 32.2. The summed E-state index contributed by atoms with van der Waals surface area (Å²) in [5.41, 5.74) is 1.13. The van der Waals surface area contributed by atoms with Gasteiger partial charge in [0.15, 0.2) is 4.34 Å². The first-order valence-electron chi connectivity index (χ1n) is 7.33. The Morgan fingerprint density at radius 3 is 2.78 bits per heavy atom. The van der Waals surface area contributed by atoms with Crippen LogP contribution in [0.1, 0.15) is 23.5 Å². The molecule has 0 radical (unpaired) electrons. The number of nitrogens with zero attached hydrogens (tertiary/aromatic N) is 2. The molecule has 118 valence electrons. The predicted octanol–water partition coefficient (Wildman–Crippen LogP) is 3.97. The van der Waals surface area contributed by atoms with Gasteiger partial charge in [-0.2, -0.15) is 0 Å². The number of aryl methyl sites for hydroxylation is 1.